The molecule has 0 aromatic rings. The van der Waals surface area contributed by atoms with Crippen LogP contribution in [0.5, 0.6) is 0 Å². The standard InChI is InChI=1S/C14H29N3/c1-13(2)17-9-5-14(12-17)11-15-6-10-16-7-3-4-8-16/h13-15H,3-12H2,1-2H3. The zero-order valence-corrected chi connectivity index (χ0v) is 11.6. The zero-order valence-electron chi connectivity index (χ0n) is 11.6. The summed E-state index contributed by atoms with van der Waals surface area (Å²) in [7, 11) is 0. The molecule has 2 fully saturated rings. The minimum absolute atomic E-state index is 0.726. The minimum atomic E-state index is 0.726. The van der Waals surface area contributed by atoms with E-state index in [0.717, 1.165) is 12.0 Å². The largest absolute Gasteiger partial charge is 0.315 e. The minimum Gasteiger partial charge on any atom is -0.315 e. The van der Waals surface area contributed by atoms with Gasteiger partial charge in [-0.2, -0.15) is 0 Å². The molecule has 17 heavy (non-hydrogen) atoms. The van der Waals surface area contributed by atoms with Crippen LogP contribution in [0.25, 0.3) is 0 Å². The Hall–Kier alpha value is -0.120. The monoisotopic (exact) mass is 239 g/mol. The predicted octanol–water partition coefficient (Wildman–Crippen LogP) is 1.40. The maximum atomic E-state index is 3.65. The molecule has 2 aliphatic rings. The average molecular weight is 239 g/mol. The smallest absolute Gasteiger partial charge is 0.0107 e. The summed E-state index contributed by atoms with van der Waals surface area (Å²) in [5.41, 5.74) is 0. The fraction of sp³-hybridized carbons (Fsp3) is 1.00. The number of hydrogen-bond donors (Lipinski definition) is 1. The lowest BCUT2D eigenvalue weighted by Gasteiger charge is -2.20. The van der Waals surface area contributed by atoms with Gasteiger partial charge < -0.3 is 15.1 Å². The second kappa shape index (κ2) is 6.72. The Balaban J connectivity index is 1.51. The fourth-order valence-electron chi connectivity index (χ4n) is 3.05. The first kappa shape index (κ1) is 13.3. The summed E-state index contributed by atoms with van der Waals surface area (Å²) in [5, 5.41) is 3.65. The molecule has 0 bridgehead atoms. The van der Waals surface area contributed by atoms with Crippen LogP contribution in [0.4, 0.5) is 0 Å². The lowest BCUT2D eigenvalue weighted by Crippen LogP contribution is -2.34. The summed E-state index contributed by atoms with van der Waals surface area (Å²) in [5.74, 6) is 0.885. The van der Waals surface area contributed by atoms with Crippen molar-refractivity contribution in [3.8, 4) is 0 Å². The van der Waals surface area contributed by atoms with Crippen LogP contribution >= 0.6 is 0 Å². The Morgan fingerprint density at radius 2 is 1.94 bits per heavy atom. The van der Waals surface area contributed by atoms with Gasteiger partial charge in [0.2, 0.25) is 0 Å². The lowest BCUT2D eigenvalue weighted by atomic mass is 10.1. The highest BCUT2D eigenvalue weighted by molar-refractivity contribution is 4.79. The van der Waals surface area contributed by atoms with E-state index in [1.165, 1.54) is 65.1 Å². The molecule has 0 amide bonds. The van der Waals surface area contributed by atoms with E-state index in [2.05, 4.69) is 29.0 Å². The second-order valence-electron chi connectivity index (χ2n) is 6.00. The SMILES string of the molecule is CC(C)N1CCC(CNCCN2CCCC2)C1. The summed E-state index contributed by atoms with van der Waals surface area (Å²) >= 11 is 0. The molecule has 2 heterocycles. The molecule has 0 aliphatic carbocycles. The van der Waals surface area contributed by atoms with Gasteiger partial charge in [0.05, 0.1) is 0 Å². The van der Waals surface area contributed by atoms with Gasteiger partial charge >= 0.3 is 0 Å². The number of likely N-dealkylation sites (tertiary alicyclic amines) is 2. The third-order valence-electron chi connectivity index (χ3n) is 4.28. The van der Waals surface area contributed by atoms with Gasteiger partial charge in [-0.05, 0) is 65.2 Å². The highest BCUT2D eigenvalue weighted by Gasteiger charge is 2.23. The third-order valence-corrected chi connectivity index (χ3v) is 4.28. The molecular formula is C14H29N3. The average Bonchev–Trinajstić information content (AvgIpc) is 2.96. The van der Waals surface area contributed by atoms with Crippen LogP contribution in [0, 0.1) is 5.92 Å². The predicted molar refractivity (Wildman–Crippen MR) is 73.4 cm³/mol. The molecule has 0 spiro atoms. The highest BCUT2D eigenvalue weighted by Crippen LogP contribution is 2.17. The molecule has 2 saturated heterocycles. The van der Waals surface area contributed by atoms with Crippen molar-refractivity contribution in [2.24, 2.45) is 5.92 Å². The van der Waals surface area contributed by atoms with Crippen LogP contribution in [0.1, 0.15) is 33.1 Å². The molecule has 2 rings (SSSR count). The highest BCUT2D eigenvalue weighted by atomic mass is 15.2. The van der Waals surface area contributed by atoms with E-state index in [9.17, 15) is 0 Å². The summed E-state index contributed by atoms with van der Waals surface area (Å²) < 4.78 is 0. The van der Waals surface area contributed by atoms with Crippen molar-refractivity contribution in [3.05, 3.63) is 0 Å². The van der Waals surface area contributed by atoms with Gasteiger partial charge in [0, 0.05) is 25.7 Å². The normalized spacial score (nSPS) is 27.4. The third kappa shape index (κ3) is 4.23. The number of nitrogens with zero attached hydrogens (tertiary/aromatic N) is 2. The molecular weight excluding hydrogens is 210 g/mol. The Kier molecular flexibility index (Phi) is 5.26. The Labute approximate surface area is 107 Å². The molecule has 0 aromatic carbocycles. The van der Waals surface area contributed by atoms with E-state index >= 15 is 0 Å². The lowest BCUT2D eigenvalue weighted by molar-refractivity contribution is 0.263. The van der Waals surface area contributed by atoms with Gasteiger partial charge in [-0.3, -0.25) is 0 Å². The first-order valence-electron chi connectivity index (χ1n) is 7.43. The molecule has 100 valence electrons. The van der Waals surface area contributed by atoms with Crippen molar-refractivity contribution in [1.82, 2.24) is 15.1 Å². The van der Waals surface area contributed by atoms with Crippen molar-refractivity contribution >= 4 is 0 Å². The van der Waals surface area contributed by atoms with Crippen molar-refractivity contribution in [1.29, 1.82) is 0 Å². The molecule has 1 N–H and O–H groups in total. The van der Waals surface area contributed by atoms with Crippen LogP contribution < -0.4 is 5.32 Å². The van der Waals surface area contributed by atoms with Crippen LogP contribution in [-0.2, 0) is 0 Å². The quantitative estimate of drug-likeness (QED) is 0.707. The molecule has 3 nitrogen and oxygen atoms in total. The van der Waals surface area contributed by atoms with Crippen molar-refractivity contribution in [3.63, 3.8) is 0 Å². The number of rotatable bonds is 6. The van der Waals surface area contributed by atoms with E-state index in [1.54, 1.807) is 0 Å². The van der Waals surface area contributed by atoms with Gasteiger partial charge in [0.1, 0.15) is 0 Å². The zero-order chi connectivity index (χ0) is 12.1. The molecule has 1 unspecified atom stereocenters. The fourth-order valence-corrected chi connectivity index (χ4v) is 3.05. The van der Waals surface area contributed by atoms with Crippen LogP contribution in [0.2, 0.25) is 0 Å². The molecule has 0 saturated carbocycles. The van der Waals surface area contributed by atoms with E-state index < -0.39 is 0 Å². The van der Waals surface area contributed by atoms with Crippen molar-refractivity contribution in [2.45, 2.75) is 39.2 Å². The van der Waals surface area contributed by atoms with Crippen LogP contribution in [-0.4, -0.2) is 61.7 Å². The van der Waals surface area contributed by atoms with Gasteiger partial charge in [-0.1, -0.05) is 0 Å². The molecule has 3 heteroatoms. The first-order valence-corrected chi connectivity index (χ1v) is 7.43. The topological polar surface area (TPSA) is 18.5 Å². The van der Waals surface area contributed by atoms with Gasteiger partial charge in [0.25, 0.3) is 0 Å². The number of nitrogens with one attached hydrogen (secondary N) is 1. The Morgan fingerprint density at radius 3 is 2.59 bits per heavy atom. The van der Waals surface area contributed by atoms with Crippen LogP contribution in [0.3, 0.4) is 0 Å². The number of hydrogen-bond acceptors (Lipinski definition) is 3. The van der Waals surface area contributed by atoms with Crippen molar-refractivity contribution < 1.29 is 0 Å². The van der Waals surface area contributed by atoms with E-state index in [0.29, 0.717) is 0 Å². The maximum Gasteiger partial charge on any atom is 0.0107 e. The Morgan fingerprint density at radius 1 is 1.18 bits per heavy atom. The van der Waals surface area contributed by atoms with Crippen LogP contribution in [0.15, 0.2) is 0 Å². The molecule has 2 aliphatic heterocycles. The molecule has 1 atom stereocenters. The summed E-state index contributed by atoms with van der Waals surface area (Å²) in [4.78, 5) is 5.19. The molecule has 0 radical (unpaired) electrons. The maximum absolute atomic E-state index is 3.65. The van der Waals surface area contributed by atoms with E-state index in [1.807, 2.05) is 0 Å². The first-order chi connectivity index (χ1) is 8.25. The van der Waals surface area contributed by atoms with Gasteiger partial charge in [0.15, 0.2) is 0 Å². The van der Waals surface area contributed by atoms with E-state index in [-0.39, 0.29) is 0 Å². The summed E-state index contributed by atoms with van der Waals surface area (Å²) in [6.07, 6.45) is 4.20. The van der Waals surface area contributed by atoms with Gasteiger partial charge in [-0.25, -0.2) is 0 Å². The summed E-state index contributed by atoms with van der Waals surface area (Å²) in [6, 6.07) is 0.726. The summed E-state index contributed by atoms with van der Waals surface area (Å²) in [6.45, 7) is 13.5. The molecule has 0 aromatic heterocycles. The van der Waals surface area contributed by atoms with E-state index in [4.69, 9.17) is 0 Å². The second-order valence-corrected chi connectivity index (χ2v) is 6.00. The van der Waals surface area contributed by atoms with Gasteiger partial charge in [-0.15, -0.1) is 0 Å². The Bertz CT molecular complexity index is 212. The van der Waals surface area contributed by atoms with Crippen molar-refractivity contribution in [2.75, 3.05) is 45.8 Å².